The van der Waals surface area contributed by atoms with Crippen LogP contribution in [0.4, 0.5) is 0 Å². The van der Waals surface area contributed by atoms with Crippen molar-refractivity contribution in [2.75, 3.05) is 13.7 Å². The highest BCUT2D eigenvalue weighted by atomic mass is 16.5. The number of nitrogens with two attached hydrogens (primary N) is 1. The molecule has 1 aliphatic rings. The van der Waals surface area contributed by atoms with Gasteiger partial charge in [0, 0.05) is 5.92 Å². The summed E-state index contributed by atoms with van der Waals surface area (Å²) in [6.45, 7) is 0.704. The molecule has 0 aliphatic heterocycles. The number of benzene rings is 2. The molecule has 1 aliphatic carbocycles. The second kappa shape index (κ2) is 4.46. The summed E-state index contributed by atoms with van der Waals surface area (Å²) in [6.07, 6.45) is 0.983. The van der Waals surface area contributed by atoms with Crippen LogP contribution < -0.4 is 10.5 Å². The molecule has 3 rings (SSSR count). The highest BCUT2D eigenvalue weighted by Crippen LogP contribution is 2.47. The molecule has 0 amide bonds. The van der Waals surface area contributed by atoms with E-state index < -0.39 is 0 Å². The quantitative estimate of drug-likeness (QED) is 0.893. The van der Waals surface area contributed by atoms with Crippen LogP contribution in [0.15, 0.2) is 42.5 Å². The molecule has 2 heteroatoms. The lowest BCUT2D eigenvalue weighted by molar-refractivity contribution is 0.414. The lowest BCUT2D eigenvalue weighted by Crippen LogP contribution is -2.06. The van der Waals surface area contributed by atoms with Crippen LogP contribution in [0.5, 0.6) is 5.75 Å². The second-order valence-electron chi connectivity index (χ2n) is 4.67. The average molecular weight is 239 g/mol. The van der Waals surface area contributed by atoms with Crippen molar-refractivity contribution in [1.82, 2.24) is 0 Å². The molecule has 2 nitrogen and oxygen atoms in total. The van der Waals surface area contributed by atoms with Crippen molar-refractivity contribution < 1.29 is 4.74 Å². The van der Waals surface area contributed by atoms with E-state index >= 15 is 0 Å². The lowest BCUT2D eigenvalue weighted by Gasteiger charge is -2.12. The Morgan fingerprint density at radius 1 is 1.06 bits per heavy atom. The van der Waals surface area contributed by atoms with Crippen LogP contribution in [-0.4, -0.2) is 13.7 Å². The Balaban J connectivity index is 2.18. The van der Waals surface area contributed by atoms with Gasteiger partial charge in [0.2, 0.25) is 0 Å². The van der Waals surface area contributed by atoms with E-state index in [1.807, 2.05) is 6.07 Å². The van der Waals surface area contributed by atoms with Gasteiger partial charge in [-0.3, -0.25) is 0 Å². The fourth-order valence-corrected chi connectivity index (χ4v) is 2.89. The maximum Gasteiger partial charge on any atom is 0.119 e. The van der Waals surface area contributed by atoms with Crippen LogP contribution in [-0.2, 0) is 0 Å². The zero-order chi connectivity index (χ0) is 12.5. The third-order valence-corrected chi connectivity index (χ3v) is 3.72. The van der Waals surface area contributed by atoms with E-state index in [1.165, 1.54) is 22.3 Å². The molecular formula is C16H17NO. The van der Waals surface area contributed by atoms with Gasteiger partial charge in [0.05, 0.1) is 7.11 Å². The first-order valence-electron chi connectivity index (χ1n) is 6.32. The number of rotatable bonds is 3. The van der Waals surface area contributed by atoms with E-state index in [2.05, 4.69) is 36.4 Å². The van der Waals surface area contributed by atoms with E-state index in [1.54, 1.807) is 7.11 Å². The molecule has 0 bridgehead atoms. The van der Waals surface area contributed by atoms with E-state index in [-0.39, 0.29) is 0 Å². The molecule has 0 spiro atoms. The Bertz CT molecular complexity index is 577. The summed E-state index contributed by atoms with van der Waals surface area (Å²) in [5, 5.41) is 0. The predicted molar refractivity (Wildman–Crippen MR) is 73.9 cm³/mol. The van der Waals surface area contributed by atoms with Crippen LogP contribution >= 0.6 is 0 Å². The topological polar surface area (TPSA) is 35.2 Å². The lowest BCUT2D eigenvalue weighted by atomic mass is 9.93. The molecule has 2 aromatic rings. The van der Waals surface area contributed by atoms with Gasteiger partial charge in [0.25, 0.3) is 0 Å². The standard InChI is InChI=1S/C16H17NO/c1-18-11-6-7-14-12-4-2-3-5-13(12)15(8-9-17)16(14)10-11/h2-7,10,15H,8-9,17H2,1H3. The SMILES string of the molecule is COc1ccc2c(c1)C(CCN)c1ccccc1-2. The zero-order valence-corrected chi connectivity index (χ0v) is 10.5. The first-order chi connectivity index (χ1) is 8.85. The molecular weight excluding hydrogens is 222 g/mol. The molecule has 0 heterocycles. The molecule has 1 unspecified atom stereocenters. The smallest absolute Gasteiger partial charge is 0.119 e. The van der Waals surface area contributed by atoms with Crippen molar-refractivity contribution in [1.29, 1.82) is 0 Å². The van der Waals surface area contributed by atoms with Gasteiger partial charge in [-0.25, -0.2) is 0 Å². The van der Waals surface area contributed by atoms with Gasteiger partial charge in [-0.05, 0) is 47.4 Å². The first-order valence-corrected chi connectivity index (χ1v) is 6.32. The van der Waals surface area contributed by atoms with Crippen molar-refractivity contribution >= 4 is 0 Å². The summed E-state index contributed by atoms with van der Waals surface area (Å²) in [5.74, 6) is 1.33. The Labute approximate surface area is 107 Å². The normalized spacial score (nSPS) is 16.2. The molecule has 0 saturated heterocycles. The number of ether oxygens (including phenoxy) is 1. The van der Waals surface area contributed by atoms with Crippen molar-refractivity contribution in [3.63, 3.8) is 0 Å². The van der Waals surface area contributed by atoms with Crippen LogP contribution in [0.2, 0.25) is 0 Å². The maximum absolute atomic E-state index is 5.76. The van der Waals surface area contributed by atoms with Gasteiger partial charge in [-0.1, -0.05) is 30.3 Å². The van der Waals surface area contributed by atoms with Gasteiger partial charge in [-0.15, -0.1) is 0 Å². The van der Waals surface area contributed by atoms with Crippen LogP contribution in [0.25, 0.3) is 11.1 Å². The first kappa shape index (κ1) is 11.3. The molecule has 0 fully saturated rings. The summed E-state index contributed by atoms with van der Waals surface area (Å²) >= 11 is 0. The van der Waals surface area contributed by atoms with E-state index in [0.29, 0.717) is 12.5 Å². The third kappa shape index (κ3) is 1.61. The van der Waals surface area contributed by atoms with E-state index in [9.17, 15) is 0 Å². The number of hydrogen-bond donors (Lipinski definition) is 1. The summed E-state index contributed by atoms with van der Waals surface area (Å²) in [7, 11) is 1.71. The highest BCUT2D eigenvalue weighted by Gasteiger charge is 2.27. The van der Waals surface area contributed by atoms with Crippen molar-refractivity contribution in [3.05, 3.63) is 53.6 Å². The number of fused-ring (bicyclic) bond motifs is 3. The Kier molecular flexibility index (Phi) is 2.80. The fraction of sp³-hybridized carbons (Fsp3) is 0.250. The van der Waals surface area contributed by atoms with Crippen LogP contribution in [0.3, 0.4) is 0 Å². The summed E-state index contributed by atoms with van der Waals surface area (Å²) in [5.41, 5.74) is 11.2. The Hall–Kier alpha value is -1.80. The van der Waals surface area contributed by atoms with Gasteiger partial charge in [0.15, 0.2) is 0 Å². The molecule has 0 radical (unpaired) electrons. The summed E-state index contributed by atoms with van der Waals surface area (Å²) in [6, 6.07) is 14.9. The fourth-order valence-electron chi connectivity index (χ4n) is 2.89. The van der Waals surface area contributed by atoms with Crippen molar-refractivity contribution in [2.24, 2.45) is 5.73 Å². The second-order valence-corrected chi connectivity index (χ2v) is 4.67. The monoisotopic (exact) mass is 239 g/mol. The van der Waals surface area contributed by atoms with Crippen molar-refractivity contribution in [3.8, 4) is 16.9 Å². The number of methoxy groups -OCH3 is 1. The summed E-state index contributed by atoms with van der Waals surface area (Å²) in [4.78, 5) is 0. The van der Waals surface area contributed by atoms with Crippen LogP contribution in [0, 0.1) is 0 Å². The molecule has 2 aromatic carbocycles. The minimum Gasteiger partial charge on any atom is -0.497 e. The molecule has 92 valence electrons. The van der Waals surface area contributed by atoms with Gasteiger partial charge in [0.1, 0.15) is 5.75 Å². The Morgan fingerprint density at radius 3 is 2.61 bits per heavy atom. The molecule has 1 atom stereocenters. The van der Waals surface area contributed by atoms with Crippen LogP contribution in [0.1, 0.15) is 23.5 Å². The zero-order valence-electron chi connectivity index (χ0n) is 10.5. The van der Waals surface area contributed by atoms with Crippen molar-refractivity contribution in [2.45, 2.75) is 12.3 Å². The minimum absolute atomic E-state index is 0.413. The third-order valence-electron chi connectivity index (χ3n) is 3.72. The van der Waals surface area contributed by atoms with Gasteiger partial charge in [-0.2, -0.15) is 0 Å². The van der Waals surface area contributed by atoms with E-state index in [0.717, 1.165) is 12.2 Å². The van der Waals surface area contributed by atoms with E-state index in [4.69, 9.17) is 10.5 Å². The predicted octanol–water partition coefficient (Wildman–Crippen LogP) is 3.16. The Morgan fingerprint density at radius 2 is 1.83 bits per heavy atom. The largest absolute Gasteiger partial charge is 0.497 e. The highest BCUT2D eigenvalue weighted by molar-refractivity contribution is 5.79. The average Bonchev–Trinajstić information content (AvgIpc) is 2.73. The molecule has 0 aromatic heterocycles. The van der Waals surface area contributed by atoms with Gasteiger partial charge < -0.3 is 10.5 Å². The molecule has 18 heavy (non-hydrogen) atoms. The molecule has 0 saturated carbocycles. The molecule has 2 N–H and O–H groups in total. The summed E-state index contributed by atoms with van der Waals surface area (Å²) < 4.78 is 5.33. The minimum atomic E-state index is 0.413. The van der Waals surface area contributed by atoms with Gasteiger partial charge >= 0.3 is 0 Å². The number of hydrogen-bond acceptors (Lipinski definition) is 2. The maximum atomic E-state index is 5.76.